The van der Waals surface area contributed by atoms with E-state index < -0.39 is 0 Å². The van der Waals surface area contributed by atoms with Crippen LogP contribution < -0.4 is 5.73 Å². The van der Waals surface area contributed by atoms with E-state index in [1.54, 1.807) is 35.2 Å². The Kier molecular flexibility index (Phi) is 3.69. The smallest absolute Gasteiger partial charge is 0.213 e. The van der Waals surface area contributed by atoms with Gasteiger partial charge in [0.1, 0.15) is 12.0 Å². The van der Waals surface area contributed by atoms with Crippen LogP contribution in [0.2, 0.25) is 5.02 Å². The fourth-order valence-electron chi connectivity index (χ4n) is 2.23. The van der Waals surface area contributed by atoms with Gasteiger partial charge < -0.3 is 5.73 Å². The lowest BCUT2D eigenvalue weighted by Gasteiger charge is -2.09. The second kappa shape index (κ2) is 5.66. The maximum atomic E-state index is 12.7. The summed E-state index contributed by atoms with van der Waals surface area (Å²) in [5, 5.41) is 0.580. The molecule has 3 aromatic rings. The molecule has 22 heavy (non-hydrogen) atoms. The molecular weight excluding hydrogens is 298 g/mol. The van der Waals surface area contributed by atoms with Crippen molar-refractivity contribution in [2.45, 2.75) is 6.92 Å². The number of halogens is 1. The number of anilines is 1. The molecule has 0 saturated carbocycles. The number of aromatic nitrogens is 2. The van der Waals surface area contributed by atoms with Crippen molar-refractivity contribution in [1.82, 2.24) is 9.55 Å². The van der Waals surface area contributed by atoms with Gasteiger partial charge in [-0.3, -0.25) is 9.36 Å². The van der Waals surface area contributed by atoms with Gasteiger partial charge in [0, 0.05) is 16.3 Å². The Morgan fingerprint density at radius 3 is 2.36 bits per heavy atom. The number of rotatable bonds is 3. The molecule has 0 radical (unpaired) electrons. The molecule has 0 unspecified atom stereocenters. The number of carbonyl (C=O) groups excluding carboxylic acids is 1. The molecule has 0 amide bonds. The summed E-state index contributed by atoms with van der Waals surface area (Å²) in [5.41, 5.74) is 8.75. The van der Waals surface area contributed by atoms with E-state index in [0.29, 0.717) is 16.3 Å². The average molecular weight is 312 g/mol. The quantitative estimate of drug-likeness (QED) is 0.751. The third-order valence-electron chi connectivity index (χ3n) is 3.43. The molecule has 0 fully saturated rings. The summed E-state index contributed by atoms with van der Waals surface area (Å²) in [4.78, 5) is 16.8. The lowest BCUT2D eigenvalue weighted by atomic mass is 10.1. The van der Waals surface area contributed by atoms with Crippen molar-refractivity contribution in [2.75, 3.05) is 5.73 Å². The first-order valence-corrected chi connectivity index (χ1v) is 7.14. The van der Waals surface area contributed by atoms with Crippen LogP contribution in [0.3, 0.4) is 0 Å². The summed E-state index contributed by atoms with van der Waals surface area (Å²) < 4.78 is 1.70. The molecule has 4 nitrogen and oxygen atoms in total. The zero-order chi connectivity index (χ0) is 15.7. The minimum absolute atomic E-state index is 0.188. The standard InChI is InChI=1S/C17H14ClN3O/c1-11-2-8-14(9-3-11)21-10-20-17(19)15(21)16(22)12-4-6-13(18)7-5-12/h2-10H,19H2,1H3. The Labute approximate surface area is 133 Å². The van der Waals surface area contributed by atoms with E-state index in [1.165, 1.54) is 0 Å². The molecule has 2 aromatic carbocycles. The van der Waals surface area contributed by atoms with Crippen molar-refractivity contribution in [3.8, 4) is 5.69 Å². The van der Waals surface area contributed by atoms with Gasteiger partial charge >= 0.3 is 0 Å². The number of aryl methyl sites for hydroxylation is 1. The number of carbonyl (C=O) groups is 1. The summed E-state index contributed by atoms with van der Waals surface area (Å²) in [7, 11) is 0. The second-order valence-corrected chi connectivity index (χ2v) is 5.46. The van der Waals surface area contributed by atoms with E-state index in [2.05, 4.69) is 4.98 Å². The third kappa shape index (κ3) is 2.61. The minimum Gasteiger partial charge on any atom is -0.382 e. The molecule has 5 heteroatoms. The van der Waals surface area contributed by atoms with Gasteiger partial charge in [0.25, 0.3) is 0 Å². The molecule has 0 aliphatic carbocycles. The molecule has 3 rings (SSSR count). The van der Waals surface area contributed by atoms with Gasteiger partial charge in [0.05, 0.1) is 0 Å². The predicted molar refractivity (Wildman–Crippen MR) is 87.6 cm³/mol. The van der Waals surface area contributed by atoms with Crippen molar-refractivity contribution in [3.05, 3.63) is 76.7 Å². The lowest BCUT2D eigenvalue weighted by molar-refractivity contribution is 0.103. The van der Waals surface area contributed by atoms with Gasteiger partial charge in [0.15, 0.2) is 5.82 Å². The topological polar surface area (TPSA) is 60.9 Å². The number of hydrogen-bond donors (Lipinski definition) is 1. The fourth-order valence-corrected chi connectivity index (χ4v) is 2.35. The number of imidazole rings is 1. The summed E-state index contributed by atoms with van der Waals surface area (Å²) >= 11 is 5.86. The highest BCUT2D eigenvalue weighted by Gasteiger charge is 2.19. The van der Waals surface area contributed by atoms with Crippen LogP contribution in [0, 0.1) is 6.92 Å². The molecule has 0 saturated heterocycles. The maximum Gasteiger partial charge on any atom is 0.213 e. The van der Waals surface area contributed by atoms with Crippen LogP contribution >= 0.6 is 11.6 Å². The number of hydrogen-bond acceptors (Lipinski definition) is 3. The Morgan fingerprint density at radius 2 is 1.73 bits per heavy atom. The van der Waals surface area contributed by atoms with Gasteiger partial charge in [-0.1, -0.05) is 29.3 Å². The van der Waals surface area contributed by atoms with E-state index in [1.807, 2.05) is 31.2 Å². The van der Waals surface area contributed by atoms with E-state index in [0.717, 1.165) is 11.3 Å². The third-order valence-corrected chi connectivity index (χ3v) is 3.68. The van der Waals surface area contributed by atoms with E-state index >= 15 is 0 Å². The summed E-state index contributed by atoms with van der Waals surface area (Å²) in [6, 6.07) is 14.5. The zero-order valence-electron chi connectivity index (χ0n) is 12.0. The monoisotopic (exact) mass is 311 g/mol. The molecule has 1 aromatic heterocycles. The first-order chi connectivity index (χ1) is 10.6. The lowest BCUT2D eigenvalue weighted by Crippen LogP contribution is -2.10. The minimum atomic E-state index is -0.188. The van der Waals surface area contributed by atoms with Crippen molar-refractivity contribution in [3.63, 3.8) is 0 Å². The maximum absolute atomic E-state index is 12.7. The number of ketones is 1. The predicted octanol–water partition coefficient (Wildman–Crippen LogP) is 3.65. The Hall–Kier alpha value is -2.59. The molecule has 2 N–H and O–H groups in total. The van der Waals surface area contributed by atoms with Gasteiger partial charge in [0.2, 0.25) is 5.78 Å². The van der Waals surface area contributed by atoms with Crippen molar-refractivity contribution >= 4 is 23.2 Å². The average Bonchev–Trinajstić information content (AvgIpc) is 2.90. The second-order valence-electron chi connectivity index (χ2n) is 5.02. The molecule has 0 aliphatic rings. The Bertz CT molecular complexity index is 820. The number of nitrogen functional groups attached to an aromatic ring is 1. The van der Waals surface area contributed by atoms with Crippen LogP contribution in [0.5, 0.6) is 0 Å². The summed E-state index contributed by atoms with van der Waals surface area (Å²) in [6.07, 6.45) is 1.56. The highest BCUT2D eigenvalue weighted by atomic mass is 35.5. The Morgan fingerprint density at radius 1 is 1.09 bits per heavy atom. The molecular formula is C17H14ClN3O. The van der Waals surface area contributed by atoms with Crippen LogP contribution in [0.4, 0.5) is 5.82 Å². The highest BCUT2D eigenvalue weighted by Crippen LogP contribution is 2.21. The van der Waals surface area contributed by atoms with Crippen LogP contribution in [-0.4, -0.2) is 15.3 Å². The van der Waals surface area contributed by atoms with Crippen LogP contribution in [-0.2, 0) is 0 Å². The van der Waals surface area contributed by atoms with E-state index in [9.17, 15) is 4.79 Å². The molecule has 0 aliphatic heterocycles. The van der Waals surface area contributed by atoms with Crippen LogP contribution in [0.1, 0.15) is 21.6 Å². The van der Waals surface area contributed by atoms with Crippen molar-refractivity contribution in [1.29, 1.82) is 0 Å². The number of nitrogens with two attached hydrogens (primary N) is 1. The normalized spacial score (nSPS) is 10.6. The molecule has 0 atom stereocenters. The SMILES string of the molecule is Cc1ccc(-n2cnc(N)c2C(=O)c2ccc(Cl)cc2)cc1. The van der Waals surface area contributed by atoms with Gasteiger partial charge in [-0.2, -0.15) is 0 Å². The van der Waals surface area contributed by atoms with Gasteiger partial charge in [-0.05, 0) is 43.3 Å². The van der Waals surface area contributed by atoms with Crippen molar-refractivity contribution in [2.24, 2.45) is 0 Å². The largest absolute Gasteiger partial charge is 0.382 e. The highest BCUT2D eigenvalue weighted by molar-refractivity contribution is 6.30. The van der Waals surface area contributed by atoms with Crippen LogP contribution in [0.15, 0.2) is 54.9 Å². The van der Waals surface area contributed by atoms with Crippen LogP contribution in [0.25, 0.3) is 5.69 Å². The van der Waals surface area contributed by atoms with E-state index in [4.69, 9.17) is 17.3 Å². The number of nitrogens with zero attached hydrogens (tertiary/aromatic N) is 2. The van der Waals surface area contributed by atoms with E-state index in [-0.39, 0.29) is 11.6 Å². The molecule has 110 valence electrons. The Balaban J connectivity index is 2.07. The van der Waals surface area contributed by atoms with Crippen molar-refractivity contribution < 1.29 is 4.79 Å². The fraction of sp³-hybridized carbons (Fsp3) is 0.0588. The molecule has 1 heterocycles. The van der Waals surface area contributed by atoms with Gasteiger partial charge in [-0.15, -0.1) is 0 Å². The first-order valence-electron chi connectivity index (χ1n) is 6.76. The summed E-state index contributed by atoms with van der Waals surface area (Å²) in [5.74, 6) is 0.0211. The van der Waals surface area contributed by atoms with Gasteiger partial charge in [-0.25, -0.2) is 4.98 Å². The summed E-state index contributed by atoms with van der Waals surface area (Å²) in [6.45, 7) is 2.01. The zero-order valence-corrected chi connectivity index (χ0v) is 12.7. The molecule has 0 bridgehead atoms. The number of benzene rings is 2. The first kappa shape index (κ1) is 14.4. The molecule has 0 spiro atoms.